The first kappa shape index (κ1) is 20.8. The highest BCUT2D eigenvalue weighted by atomic mass is 16.4. The fraction of sp³-hybridized carbons (Fsp3) is 0.143. The Hall–Kier alpha value is -4.12. The van der Waals surface area contributed by atoms with Crippen LogP contribution in [0.5, 0.6) is 0 Å². The average molecular weight is 434 g/mol. The third-order valence-electron chi connectivity index (χ3n) is 6.23. The number of carboxylic acids is 1. The molecule has 1 atom stereocenters. The summed E-state index contributed by atoms with van der Waals surface area (Å²) in [4.78, 5) is 30.6. The van der Waals surface area contributed by atoms with E-state index in [1.54, 1.807) is 12.3 Å². The summed E-state index contributed by atoms with van der Waals surface area (Å²) >= 11 is 0. The maximum Gasteiger partial charge on any atom is 0.335 e. The van der Waals surface area contributed by atoms with Gasteiger partial charge in [0.1, 0.15) is 5.78 Å². The van der Waals surface area contributed by atoms with E-state index in [0.717, 1.165) is 0 Å². The molecule has 5 aromatic rings. The van der Waals surface area contributed by atoms with Crippen LogP contribution in [0, 0.1) is 0 Å². The van der Waals surface area contributed by atoms with E-state index in [-0.39, 0.29) is 5.56 Å². The van der Waals surface area contributed by atoms with Crippen LogP contribution in [0.3, 0.4) is 0 Å². The third kappa shape index (κ3) is 3.94. The number of rotatable bonds is 1. The highest BCUT2D eigenvalue weighted by molar-refractivity contribution is 6.09. The summed E-state index contributed by atoms with van der Waals surface area (Å²) in [6.07, 6.45) is 4.39. The molecule has 0 spiro atoms. The van der Waals surface area contributed by atoms with Gasteiger partial charge in [-0.2, -0.15) is 0 Å². The maximum atomic E-state index is 11.9. The van der Waals surface area contributed by atoms with E-state index < -0.39 is 5.97 Å². The Morgan fingerprint density at radius 2 is 1.64 bits per heavy atom. The zero-order chi connectivity index (χ0) is 22.9. The highest BCUT2D eigenvalue weighted by Gasteiger charge is 2.23. The lowest BCUT2D eigenvalue weighted by Gasteiger charge is -2.23. The average Bonchev–Trinajstić information content (AvgIpc) is 2.83. The van der Waals surface area contributed by atoms with E-state index >= 15 is 0 Å². The Labute approximate surface area is 190 Å². The smallest absolute Gasteiger partial charge is 0.335 e. The van der Waals surface area contributed by atoms with Crippen molar-refractivity contribution in [3.05, 3.63) is 95.8 Å². The van der Waals surface area contributed by atoms with Gasteiger partial charge in [0.25, 0.3) is 0 Å². The molecule has 1 aliphatic rings. The van der Waals surface area contributed by atoms with Gasteiger partial charge in [-0.15, -0.1) is 0 Å². The van der Waals surface area contributed by atoms with Gasteiger partial charge < -0.3 is 5.11 Å². The van der Waals surface area contributed by atoms with Gasteiger partial charge in [-0.05, 0) is 56.8 Å². The first-order chi connectivity index (χ1) is 16.0. The standard InChI is InChI=1S/C19H16O.C9H6N2O2/c1-12-10-14(20)11-19-15(12)8-9-17-16-5-3-2-4-13(16)6-7-18(17)19;12-9(13)6-1-2-7-8(5-6)11-4-3-10-7/h2-9,12H,10-11H2,1H3;1-5H,(H,12,13). The Morgan fingerprint density at radius 1 is 0.879 bits per heavy atom. The number of aromatic carboxylic acids is 1. The predicted molar refractivity (Wildman–Crippen MR) is 130 cm³/mol. The number of carbonyl (C=O) groups excluding carboxylic acids is 1. The Bertz CT molecular complexity index is 1540. The molecular weight excluding hydrogens is 412 g/mol. The first-order valence-corrected chi connectivity index (χ1v) is 10.9. The van der Waals surface area contributed by atoms with Crippen LogP contribution in [0.1, 0.15) is 40.7 Å². The van der Waals surface area contributed by atoms with Gasteiger partial charge in [0.15, 0.2) is 0 Å². The van der Waals surface area contributed by atoms with Crippen LogP contribution < -0.4 is 0 Å². The number of hydrogen-bond donors (Lipinski definition) is 1. The number of fused-ring (bicyclic) bond motifs is 6. The van der Waals surface area contributed by atoms with E-state index in [9.17, 15) is 9.59 Å². The molecule has 33 heavy (non-hydrogen) atoms. The second kappa shape index (κ2) is 8.43. The second-order valence-corrected chi connectivity index (χ2v) is 8.40. The number of carbonyl (C=O) groups is 2. The number of nitrogens with zero attached hydrogens (tertiary/aromatic N) is 2. The third-order valence-corrected chi connectivity index (χ3v) is 6.23. The summed E-state index contributed by atoms with van der Waals surface area (Å²) in [5, 5.41) is 13.8. The molecule has 162 valence electrons. The molecule has 1 N–H and O–H groups in total. The molecule has 1 unspecified atom stereocenters. The van der Waals surface area contributed by atoms with Crippen LogP contribution >= 0.6 is 0 Å². The van der Waals surface area contributed by atoms with Crippen LogP contribution in [0.2, 0.25) is 0 Å². The van der Waals surface area contributed by atoms with Crippen molar-refractivity contribution >= 4 is 44.3 Å². The van der Waals surface area contributed by atoms with Crippen LogP contribution in [0.25, 0.3) is 32.6 Å². The SMILES string of the molecule is CC1CC(=O)Cc2c1ccc1c2ccc2ccccc21.O=C(O)c1ccc2nccnc2c1. The summed E-state index contributed by atoms with van der Waals surface area (Å²) in [6, 6.07) is 21.9. The zero-order valence-electron chi connectivity index (χ0n) is 18.2. The summed E-state index contributed by atoms with van der Waals surface area (Å²) < 4.78 is 0. The van der Waals surface area contributed by atoms with E-state index in [2.05, 4.69) is 65.4 Å². The van der Waals surface area contributed by atoms with Crippen molar-refractivity contribution in [2.45, 2.75) is 25.7 Å². The summed E-state index contributed by atoms with van der Waals surface area (Å²) in [6.45, 7) is 2.16. The summed E-state index contributed by atoms with van der Waals surface area (Å²) in [7, 11) is 0. The molecule has 1 aliphatic carbocycles. The first-order valence-electron chi connectivity index (χ1n) is 10.9. The van der Waals surface area contributed by atoms with Crippen LogP contribution in [0.15, 0.2) is 79.1 Å². The number of ketones is 1. The van der Waals surface area contributed by atoms with Crippen molar-refractivity contribution < 1.29 is 14.7 Å². The van der Waals surface area contributed by atoms with Crippen molar-refractivity contribution in [3.8, 4) is 0 Å². The summed E-state index contributed by atoms with van der Waals surface area (Å²) in [5.74, 6) is -0.236. The van der Waals surface area contributed by atoms with Gasteiger partial charge in [-0.1, -0.05) is 55.5 Å². The van der Waals surface area contributed by atoms with Gasteiger partial charge in [-0.25, -0.2) is 4.79 Å². The molecule has 1 heterocycles. The van der Waals surface area contributed by atoms with E-state index in [1.807, 2.05) is 0 Å². The molecule has 4 aromatic carbocycles. The van der Waals surface area contributed by atoms with Crippen LogP contribution in [-0.4, -0.2) is 26.8 Å². The van der Waals surface area contributed by atoms with Crippen molar-refractivity contribution in [2.24, 2.45) is 0 Å². The topological polar surface area (TPSA) is 80.2 Å². The molecule has 5 nitrogen and oxygen atoms in total. The molecule has 0 bridgehead atoms. The molecule has 0 saturated heterocycles. The highest BCUT2D eigenvalue weighted by Crippen LogP contribution is 2.36. The lowest BCUT2D eigenvalue weighted by molar-refractivity contribution is -0.119. The van der Waals surface area contributed by atoms with Crippen molar-refractivity contribution in [1.29, 1.82) is 0 Å². The Balaban J connectivity index is 0.000000152. The van der Waals surface area contributed by atoms with Crippen molar-refractivity contribution in [1.82, 2.24) is 9.97 Å². The monoisotopic (exact) mass is 434 g/mol. The maximum absolute atomic E-state index is 11.9. The second-order valence-electron chi connectivity index (χ2n) is 8.40. The van der Waals surface area contributed by atoms with E-state index in [0.29, 0.717) is 35.6 Å². The molecule has 0 amide bonds. The molecule has 0 saturated carbocycles. The predicted octanol–water partition coefficient (Wildman–Crippen LogP) is 5.94. The van der Waals surface area contributed by atoms with Crippen LogP contribution in [-0.2, 0) is 11.2 Å². The fourth-order valence-electron chi connectivity index (χ4n) is 4.64. The number of benzene rings is 4. The van der Waals surface area contributed by atoms with Gasteiger partial charge >= 0.3 is 5.97 Å². The molecule has 0 fully saturated rings. The Kier molecular flexibility index (Phi) is 5.31. The number of hydrogen-bond acceptors (Lipinski definition) is 4. The van der Waals surface area contributed by atoms with Gasteiger partial charge in [-0.3, -0.25) is 14.8 Å². The quantitative estimate of drug-likeness (QED) is 0.330. The minimum atomic E-state index is -0.951. The molecule has 0 aliphatic heterocycles. The van der Waals surface area contributed by atoms with Crippen molar-refractivity contribution in [3.63, 3.8) is 0 Å². The Morgan fingerprint density at radius 3 is 2.45 bits per heavy atom. The lowest BCUT2D eigenvalue weighted by atomic mass is 9.80. The van der Waals surface area contributed by atoms with Gasteiger partial charge in [0, 0.05) is 25.2 Å². The van der Waals surface area contributed by atoms with E-state index in [4.69, 9.17) is 5.11 Å². The number of Topliss-reactive ketones (excluding diaryl/α,β-unsaturated/α-hetero) is 1. The number of carboxylic acid groups (broad SMARTS) is 1. The zero-order valence-corrected chi connectivity index (χ0v) is 18.2. The van der Waals surface area contributed by atoms with E-state index in [1.165, 1.54) is 51.0 Å². The minimum Gasteiger partial charge on any atom is -0.478 e. The fourth-order valence-corrected chi connectivity index (χ4v) is 4.64. The van der Waals surface area contributed by atoms with Gasteiger partial charge in [0.2, 0.25) is 0 Å². The molecule has 0 radical (unpaired) electrons. The summed E-state index contributed by atoms with van der Waals surface area (Å²) in [5.41, 5.74) is 4.13. The largest absolute Gasteiger partial charge is 0.478 e. The lowest BCUT2D eigenvalue weighted by Crippen LogP contribution is -2.16. The molecule has 6 rings (SSSR count). The van der Waals surface area contributed by atoms with Gasteiger partial charge in [0.05, 0.1) is 16.6 Å². The normalized spacial score (nSPS) is 15.2. The van der Waals surface area contributed by atoms with Crippen molar-refractivity contribution in [2.75, 3.05) is 0 Å². The minimum absolute atomic E-state index is 0.230. The van der Waals surface area contributed by atoms with Crippen LogP contribution in [0.4, 0.5) is 0 Å². The molecule has 5 heteroatoms. The number of aromatic nitrogens is 2. The molecule has 1 aromatic heterocycles. The molecular formula is C28H22N2O3.